The first kappa shape index (κ1) is 16.8. The SMILES string of the molecule is COC(OC)c1ccc(SCC(O)CC2CCCC2)cc1. The first-order valence-corrected chi connectivity index (χ1v) is 8.68. The van der Waals surface area contributed by atoms with E-state index in [4.69, 9.17) is 9.47 Å². The minimum atomic E-state index is -0.308. The lowest BCUT2D eigenvalue weighted by molar-refractivity contribution is -0.106. The number of methoxy groups -OCH3 is 2. The highest BCUT2D eigenvalue weighted by molar-refractivity contribution is 7.99. The van der Waals surface area contributed by atoms with Crippen molar-refractivity contribution in [1.29, 1.82) is 0 Å². The van der Waals surface area contributed by atoms with Crippen LogP contribution in [0.5, 0.6) is 0 Å². The molecule has 0 bridgehead atoms. The Kier molecular flexibility index (Phi) is 7.04. The molecule has 1 aromatic carbocycles. The second-order valence-electron chi connectivity index (χ2n) is 5.72. The number of hydrogen-bond acceptors (Lipinski definition) is 4. The van der Waals surface area contributed by atoms with Crippen LogP contribution in [-0.2, 0) is 9.47 Å². The van der Waals surface area contributed by atoms with Gasteiger partial charge in [0, 0.05) is 30.4 Å². The number of benzene rings is 1. The highest BCUT2D eigenvalue weighted by Crippen LogP contribution is 2.30. The van der Waals surface area contributed by atoms with E-state index in [0.29, 0.717) is 0 Å². The summed E-state index contributed by atoms with van der Waals surface area (Å²) < 4.78 is 10.5. The quantitative estimate of drug-likeness (QED) is 0.581. The van der Waals surface area contributed by atoms with Gasteiger partial charge in [-0.2, -0.15) is 0 Å². The summed E-state index contributed by atoms with van der Waals surface area (Å²) in [6.45, 7) is 0. The number of aliphatic hydroxyl groups excluding tert-OH is 1. The van der Waals surface area contributed by atoms with Crippen LogP contribution in [0.15, 0.2) is 29.2 Å². The van der Waals surface area contributed by atoms with Gasteiger partial charge in [-0.3, -0.25) is 0 Å². The van der Waals surface area contributed by atoms with Gasteiger partial charge < -0.3 is 14.6 Å². The summed E-state index contributed by atoms with van der Waals surface area (Å²) >= 11 is 1.72. The lowest BCUT2D eigenvalue weighted by Crippen LogP contribution is -2.14. The molecule has 1 saturated carbocycles. The van der Waals surface area contributed by atoms with E-state index in [-0.39, 0.29) is 12.4 Å². The Morgan fingerprint density at radius 2 is 1.76 bits per heavy atom. The lowest BCUT2D eigenvalue weighted by Gasteiger charge is -2.16. The topological polar surface area (TPSA) is 38.7 Å². The molecule has 1 N–H and O–H groups in total. The van der Waals surface area contributed by atoms with Gasteiger partial charge in [-0.25, -0.2) is 0 Å². The van der Waals surface area contributed by atoms with E-state index in [1.54, 1.807) is 26.0 Å². The first-order chi connectivity index (χ1) is 10.2. The van der Waals surface area contributed by atoms with Crippen LogP contribution in [0.3, 0.4) is 0 Å². The summed E-state index contributed by atoms with van der Waals surface area (Å²) in [5.74, 6) is 1.51. The van der Waals surface area contributed by atoms with Gasteiger partial charge in [0.05, 0.1) is 6.10 Å². The molecule has 1 aliphatic carbocycles. The Morgan fingerprint density at radius 1 is 1.14 bits per heavy atom. The van der Waals surface area contributed by atoms with Crippen molar-refractivity contribution < 1.29 is 14.6 Å². The van der Waals surface area contributed by atoms with E-state index in [9.17, 15) is 5.11 Å². The zero-order chi connectivity index (χ0) is 15.1. The van der Waals surface area contributed by atoms with Crippen LogP contribution in [0.2, 0.25) is 0 Å². The molecule has 0 aromatic heterocycles. The average molecular weight is 310 g/mol. The predicted octanol–water partition coefficient (Wildman–Crippen LogP) is 4.01. The zero-order valence-electron chi connectivity index (χ0n) is 13.0. The van der Waals surface area contributed by atoms with E-state index in [1.165, 1.54) is 30.6 Å². The largest absolute Gasteiger partial charge is 0.392 e. The third kappa shape index (κ3) is 5.29. The molecular weight excluding hydrogens is 284 g/mol. The second kappa shape index (κ2) is 8.79. The number of thioether (sulfide) groups is 1. The maximum atomic E-state index is 10.1. The zero-order valence-corrected chi connectivity index (χ0v) is 13.8. The van der Waals surface area contributed by atoms with Gasteiger partial charge in [-0.1, -0.05) is 37.8 Å². The van der Waals surface area contributed by atoms with Gasteiger partial charge in [-0.15, -0.1) is 11.8 Å². The Balaban J connectivity index is 1.77. The molecule has 2 rings (SSSR count). The summed E-state index contributed by atoms with van der Waals surface area (Å²) in [5, 5.41) is 10.1. The van der Waals surface area contributed by atoms with Gasteiger partial charge in [0.25, 0.3) is 0 Å². The minimum absolute atomic E-state index is 0.191. The molecule has 1 fully saturated rings. The fraction of sp³-hybridized carbons (Fsp3) is 0.647. The summed E-state index contributed by atoms with van der Waals surface area (Å²) in [6, 6.07) is 8.16. The number of rotatable bonds is 8. The molecule has 4 heteroatoms. The van der Waals surface area contributed by atoms with Crippen molar-refractivity contribution in [2.45, 2.75) is 49.4 Å². The smallest absolute Gasteiger partial charge is 0.183 e. The van der Waals surface area contributed by atoms with Crippen LogP contribution in [0.1, 0.15) is 44.0 Å². The maximum absolute atomic E-state index is 10.1. The van der Waals surface area contributed by atoms with Crippen molar-refractivity contribution >= 4 is 11.8 Å². The summed E-state index contributed by atoms with van der Waals surface area (Å²) in [6.07, 6.45) is 5.73. The molecule has 118 valence electrons. The van der Waals surface area contributed by atoms with Gasteiger partial charge in [-0.05, 0) is 24.5 Å². The predicted molar refractivity (Wildman–Crippen MR) is 86.5 cm³/mol. The standard InChI is InChI=1S/C17H26O3S/c1-19-17(20-2)14-7-9-16(10-8-14)21-12-15(18)11-13-5-3-4-6-13/h7-10,13,15,17-18H,3-6,11-12H2,1-2H3. The van der Waals surface area contributed by atoms with Gasteiger partial charge in [0.15, 0.2) is 6.29 Å². The van der Waals surface area contributed by atoms with Crippen molar-refractivity contribution in [3.05, 3.63) is 29.8 Å². The monoisotopic (exact) mass is 310 g/mol. The summed E-state index contributed by atoms with van der Waals surface area (Å²) in [7, 11) is 3.27. The van der Waals surface area contributed by atoms with Crippen LogP contribution in [-0.4, -0.2) is 31.2 Å². The average Bonchev–Trinajstić information content (AvgIpc) is 3.00. The fourth-order valence-corrected chi connectivity index (χ4v) is 3.83. The van der Waals surface area contributed by atoms with Crippen molar-refractivity contribution in [1.82, 2.24) is 0 Å². The van der Waals surface area contributed by atoms with E-state index >= 15 is 0 Å². The van der Waals surface area contributed by atoms with Crippen LogP contribution < -0.4 is 0 Å². The summed E-state index contributed by atoms with van der Waals surface area (Å²) in [5.41, 5.74) is 1.01. The molecule has 3 nitrogen and oxygen atoms in total. The molecular formula is C17H26O3S. The number of ether oxygens (including phenoxy) is 2. The van der Waals surface area contributed by atoms with Crippen molar-refractivity contribution in [3.63, 3.8) is 0 Å². The third-order valence-electron chi connectivity index (χ3n) is 4.10. The molecule has 0 heterocycles. The number of aliphatic hydroxyl groups is 1. The third-order valence-corrected chi connectivity index (χ3v) is 5.26. The van der Waals surface area contributed by atoms with Gasteiger partial charge >= 0.3 is 0 Å². The normalized spacial score (nSPS) is 17.5. The van der Waals surface area contributed by atoms with Crippen LogP contribution in [0, 0.1) is 5.92 Å². The maximum Gasteiger partial charge on any atom is 0.183 e. The molecule has 1 aromatic rings. The van der Waals surface area contributed by atoms with E-state index in [0.717, 1.165) is 23.7 Å². The minimum Gasteiger partial charge on any atom is -0.392 e. The Morgan fingerprint density at radius 3 is 2.33 bits per heavy atom. The molecule has 1 aliphatic rings. The fourth-order valence-electron chi connectivity index (χ4n) is 2.98. The van der Waals surface area contributed by atoms with E-state index in [1.807, 2.05) is 12.1 Å². The van der Waals surface area contributed by atoms with Crippen molar-refractivity contribution in [2.24, 2.45) is 5.92 Å². The lowest BCUT2D eigenvalue weighted by atomic mass is 10.0. The molecule has 21 heavy (non-hydrogen) atoms. The van der Waals surface area contributed by atoms with Gasteiger partial charge in [0.1, 0.15) is 0 Å². The second-order valence-corrected chi connectivity index (χ2v) is 6.82. The molecule has 0 saturated heterocycles. The van der Waals surface area contributed by atoms with Crippen molar-refractivity contribution in [3.8, 4) is 0 Å². The molecule has 1 unspecified atom stereocenters. The van der Waals surface area contributed by atoms with Gasteiger partial charge in [0.2, 0.25) is 0 Å². The Labute approximate surface area is 132 Å². The molecule has 1 atom stereocenters. The van der Waals surface area contributed by atoms with Crippen molar-refractivity contribution in [2.75, 3.05) is 20.0 Å². The molecule has 0 spiro atoms. The Bertz CT molecular complexity index is 397. The molecule has 0 amide bonds. The highest BCUT2D eigenvalue weighted by atomic mass is 32.2. The molecule has 0 radical (unpaired) electrons. The van der Waals surface area contributed by atoms with E-state index < -0.39 is 0 Å². The highest BCUT2D eigenvalue weighted by Gasteiger charge is 2.18. The Hall–Kier alpha value is -0.550. The van der Waals surface area contributed by atoms with Crippen LogP contribution >= 0.6 is 11.8 Å². The molecule has 0 aliphatic heterocycles. The summed E-state index contributed by atoms with van der Waals surface area (Å²) in [4.78, 5) is 1.18. The van der Waals surface area contributed by atoms with Crippen LogP contribution in [0.4, 0.5) is 0 Å². The first-order valence-electron chi connectivity index (χ1n) is 7.69. The number of hydrogen-bond donors (Lipinski definition) is 1. The van der Waals surface area contributed by atoms with E-state index in [2.05, 4.69) is 12.1 Å². The van der Waals surface area contributed by atoms with Crippen LogP contribution in [0.25, 0.3) is 0 Å².